The Hall–Kier alpha value is -2.73. The lowest BCUT2D eigenvalue weighted by Gasteiger charge is -2.20. The highest BCUT2D eigenvalue weighted by molar-refractivity contribution is 7.80. The molecule has 1 aromatic heterocycles. The SMILES string of the molecule is Cc1ccc(NC(=S)N(C)Cc2cnn(-c3ccccc3)c2)cc1F. The van der Waals surface area contributed by atoms with Gasteiger partial charge in [0.05, 0.1) is 11.9 Å². The molecule has 3 aromatic rings. The molecule has 0 saturated carbocycles. The molecule has 0 aliphatic rings. The van der Waals surface area contributed by atoms with Crippen LogP contribution in [0.25, 0.3) is 5.69 Å². The molecule has 0 amide bonds. The van der Waals surface area contributed by atoms with Crippen LogP contribution < -0.4 is 5.32 Å². The smallest absolute Gasteiger partial charge is 0.173 e. The molecule has 0 bridgehead atoms. The van der Waals surface area contributed by atoms with E-state index in [1.165, 1.54) is 6.07 Å². The largest absolute Gasteiger partial charge is 0.348 e. The van der Waals surface area contributed by atoms with Gasteiger partial charge < -0.3 is 10.2 Å². The van der Waals surface area contributed by atoms with E-state index in [4.69, 9.17) is 12.2 Å². The van der Waals surface area contributed by atoms with Crippen LogP contribution in [0.5, 0.6) is 0 Å². The quantitative estimate of drug-likeness (QED) is 0.714. The molecule has 0 atom stereocenters. The number of aromatic nitrogens is 2. The molecule has 3 rings (SSSR count). The Morgan fingerprint density at radius 3 is 2.72 bits per heavy atom. The van der Waals surface area contributed by atoms with Gasteiger partial charge in [0.15, 0.2) is 5.11 Å². The van der Waals surface area contributed by atoms with E-state index < -0.39 is 0 Å². The van der Waals surface area contributed by atoms with Crippen LogP contribution in [0.1, 0.15) is 11.1 Å². The van der Waals surface area contributed by atoms with Gasteiger partial charge in [-0.1, -0.05) is 24.3 Å². The summed E-state index contributed by atoms with van der Waals surface area (Å²) >= 11 is 5.40. The minimum atomic E-state index is -0.250. The zero-order valence-electron chi connectivity index (χ0n) is 14.1. The van der Waals surface area contributed by atoms with Crippen LogP contribution in [0.3, 0.4) is 0 Å². The molecular formula is C19H19FN4S. The van der Waals surface area contributed by atoms with Crippen molar-refractivity contribution in [2.24, 2.45) is 0 Å². The summed E-state index contributed by atoms with van der Waals surface area (Å²) in [7, 11) is 1.89. The first-order chi connectivity index (χ1) is 12.0. The second kappa shape index (κ2) is 7.44. The minimum Gasteiger partial charge on any atom is -0.348 e. The van der Waals surface area contributed by atoms with Gasteiger partial charge in [0, 0.05) is 31.0 Å². The van der Waals surface area contributed by atoms with Crippen molar-refractivity contribution in [3.8, 4) is 5.69 Å². The highest BCUT2D eigenvalue weighted by Gasteiger charge is 2.09. The van der Waals surface area contributed by atoms with Gasteiger partial charge in [-0.05, 0) is 49.0 Å². The second-order valence-electron chi connectivity index (χ2n) is 5.88. The van der Waals surface area contributed by atoms with Crippen LogP contribution in [0.2, 0.25) is 0 Å². The third-order valence-electron chi connectivity index (χ3n) is 3.85. The van der Waals surface area contributed by atoms with Gasteiger partial charge in [0.1, 0.15) is 5.82 Å². The molecule has 0 aliphatic carbocycles. The van der Waals surface area contributed by atoms with Crippen LogP contribution in [0.4, 0.5) is 10.1 Å². The maximum Gasteiger partial charge on any atom is 0.173 e. The Kier molecular flexibility index (Phi) is 5.09. The molecule has 6 heteroatoms. The van der Waals surface area contributed by atoms with Gasteiger partial charge in [-0.25, -0.2) is 9.07 Å². The normalized spacial score (nSPS) is 10.5. The Labute approximate surface area is 151 Å². The summed E-state index contributed by atoms with van der Waals surface area (Å²) in [5.41, 5.74) is 3.29. The number of anilines is 1. The second-order valence-corrected chi connectivity index (χ2v) is 6.27. The number of thiocarbonyl (C=S) groups is 1. The van der Waals surface area contributed by atoms with Gasteiger partial charge in [0.25, 0.3) is 0 Å². The lowest BCUT2D eigenvalue weighted by molar-refractivity contribution is 0.508. The fraction of sp³-hybridized carbons (Fsp3) is 0.158. The van der Waals surface area contributed by atoms with Crippen molar-refractivity contribution in [2.75, 3.05) is 12.4 Å². The fourth-order valence-electron chi connectivity index (χ4n) is 2.40. The maximum atomic E-state index is 13.6. The Morgan fingerprint density at radius 1 is 1.24 bits per heavy atom. The summed E-state index contributed by atoms with van der Waals surface area (Å²) < 4.78 is 15.5. The number of nitrogens with zero attached hydrogens (tertiary/aromatic N) is 3. The number of hydrogen-bond donors (Lipinski definition) is 1. The van der Waals surface area contributed by atoms with E-state index in [2.05, 4.69) is 10.4 Å². The van der Waals surface area contributed by atoms with Crippen LogP contribution in [0, 0.1) is 12.7 Å². The van der Waals surface area contributed by atoms with E-state index in [1.807, 2.05) is 65.4 Å². The average molecular weight is 354 g/mol. The van der Waals surface area contributed by atoms with Crippen LogP contribution in [-0.2, 0) is 6.54 Å². The predicted molar refractivity (Wildman–Crippen MR) is 102 cm³/mol. The van der Waals surface area contributed by atoms with E-state index in [0.29, 0.717) is 22.9 Å². The van der Waals surface area contributed by atoms with Gasteiger partial charge in [-0.15, -0.1) is 0 Å². The van der Waals surface area contributed by atoms with E-state index in [0.717, 1.165) is 11.3 Å². The molecule has 0 unspecified atom stereocenters. The van der Waals surface area contributed by atoms with Crippen molar-refractivity contribution < 1.29 is 4.39 Å². The molecule has 25 heavy (non-hydrogen) atoms. The van der Waals surface area contributed by atoms with Gasteiger partial charge >= 0.3 is 0 Å². The Bertz CT molecular complexity index is 876. The topological polar surface area (TPSA) is 33.1 Å². The van der Waals surface area contributed by atoms with Crippen molar-refractivity contribution >= 4 is 23.0 Å². The van der Waals surface area contributed by atoms with Crippen LogP contribution in [0.15, 0.2) is 60.9 Å². The van der Waals surface area contributed by atoms with E-state index in [1.54, 1.807) is 13.0 Å². The average Bonchev–Trinajstić information content (AvgIpc) is 3.07. The number of nitrogens with one attached hydrogen (secondary N) is 1. The molecule has 1 N–H and O–H groups in total. The Morgan fingerprint density at radius 2 is 2.00 bits per heavy atom. The Balaban J connectivity index is 1.63. The standard InChI is InChI=1S/C19H19FN4S/c1-14-8-9-16(10-18(14)20)22-19(25)23(2)12-15-11-21-24(13-15)17-6-4-3-5-7-17/h3-11,13H,12H2,1-2H3,(H,22,25). The summed E-state index contributed by atoms with van der Waals surface area (Å²) in [5, 5.41) is 7.96. The number of hydrogen-bond acceptors (Lipinski definition) is 2. The number of rotatable bonds is 4. The summed E-state index contributed by atoms with van der Waals surface area (Å²) in [6.07, 6.45) is 3.79. The summed E-state index contributed by atoms with van der Waals surface area (Å²) in [6.45, 7) is 2.33. The molecule has 0 saturated heterocycles. The van der Waals surface area contributed by atoms with Crippen molar-refractivity contribution in [2.45, 2.75) is 13.5 Å². The lowest BCUT2D eigenvalue weighted by Crippen LogP contribution is -2.30. The summed E-state index contributed by atoms with van der Waals surface area (Å²) in [4.78, 5) is 1.89. The maximum absolute atomic E-state index is 13.6. The van der Waals surface area contributed by atoms with Crippen LogP contribution in [-0.4, -0.2) is 26.8 Å². The van der Waals surface area contributed by atoms with E-state index >= 15 is 0 Å². The molecule has 2 aromatic carbocycles. The highest BCUT2D eigenvalue weighted by Crippen LogP contribution is 2.15. The molecular weight excluding hydrogens is 335 g/mol. The molecule has 0 radical (unpaired) electrons. The third kappa shape index (κ3) is 4.22. The first-order valence-electron chi connectivity index (χ1n) is 7.90. The van der Waals surface area contributed by atoms with Crippen LogP contribution >= 0.6 is 12.2 Å². The number of aryl methyl sites for hydroxylation is 1. The summed E-state index contributed by atoms with van der Waals surface area (Å²) in [5.74, 6) is -0.250. The van der Waals surface area contributed by atoms with Gasteiger partial charge in [-0.2, -0.15) is 5.10 Å². The number of halogens is 1. The molecule has 4 nitrogen and oxygen atoms in total. The van der Waals surface area contributed by atoms with Gasteiger partial charge in [0.2, 0.25) is 0 Å². The molecule has 0 aliphatic heterocycles. The fourth-order valence-corrected chi connectivity index (χ4v) is 2.58. The first kappa shape index (κ1) is 17.1. The lowest BCUT2D eigenvalue weighted by atomic mass is 10.2. The predicted octanol–water partition coefficient (Wildman–Crippen LogP) is 4.15. The van der Waals surface area contributed by atoms with E-state index in [9.17, 15) is 4.39 Å². The molecule has 128 valence electrons. The number of para-hydroxylation sites is 1. The highest BCUT2D eigenvalue weighted by atomic mass is 32.1. The van der Waals surface area contributed by atoms with Crippen molar-refractivity contribution in [3.63, 3.8) is 0 Å². The van der Waals surface area contributed by atoms with Gasteiger partial charge in [-0.3, -0.25) is 0 Å². The number of benzene rings is 2. The van der Waals surface area contributed by atoms with Crippen molar-refractivity contribution in [1.29, 1.82) is 0 Å². The molecule has 0 fully saturated rings. The van der Waals surface area contributed by atoms with Crippen molar-refractivity contribution in [3.05, 3.63) is 77.9 Å². The monoisotopic (exact) mass is 354 g/mol. The molecule has 0 spiro atoms. The minimum absolute atomic E-state index is 0.250. The zero-order chi connectivity index (χ0) is 17.8. The zero-order valence-corrected chi connectivity index (χ0v) is 14.9. The first-order valence-corrected chi connectivity index (χ1v) is 8.31. The summed E-state index contributed by atoms with van der Waals surface area (Å²) in [6, 6.07) is 14.9. The third-order valence-corrected chi connectivity index (χ3v) is 4.26. The van der Waals surface area contributed by atoms with E-state index in [-0.39, 0.29) is 5.82 Å². The molecule has 1 heterocycles. The van der Waals surface area contributed by atoms with Crippen molar-refractivity contribution in [1.82, 2.24) is 14.7 Å².